The average molecular weight is 495 g/mol. The number of carbonyl (C=O) groups excluding carboxylic acids is 1. The van der Waals surface area contributed by atoms with Gasteiger partial charge < -0.3 is 19.6 Å². The molecule has 2 aromatic heterocycles. The molecule has 0 spiro atoms. The minimum atomic E-state index is -0.200. The van der Waals surface area contributed by atoms with Gasteiger partial charge in [0.2, 0.25) is 0 Å². The number of rotatable bonds is 9. The smallest absolute Gasteiger partial charge is 0.305 e. The number of hydrogen-bond acceptors (Lipinski definition) is 5. The Morgan fingerprint density at radius 1 is 1.05 bits per heavy atom. The van der Waals surface area contributed by atoms with E-state index in [0.29, 0.717) is 31.4 Å². The maximum Gasteiger partial charge on any atom is 0.305 e. The molecule has 1 unspecified atom stereocenters. The van der Waals surface area contributed by atoms with Crippen LogP contribution in [0.25, 0.3) is 22.1 Å². The lowest BCUT2D eigenvalue weighted by Crippen LogP contribution is -2.13. The van der Waals surface area contributed by atoms with E-state index < -0.39 is 0 Å². The Hall–Kier alpha value is -4.46. The normalized spacial score (nSPS) is 12.2. The van der Waals surface area contributed by atoms with Gasteiger partial charge in [0, 0.05) is 25.5 Å². The predicted molar refractivity (Wildman–Crippen MR) is 145 cm³/mol. The third-order valence-corrected chi connectivity index (χ3v) is 6.75. The molecule has 5 rings (SSSR count). The predicted octanol–water partition coefficient (Wildman–Crippen LogP) is 4.73. The van der Waals surface area contributed by atoms with Crippen LogP contribution in [0.4, 0.5) is 0 Å². The summed E-state index contributed by atoms with van der Waals surface area (Å²) in [4.78, 5) is 21.8. The molecule has 3 N–H and O–H groups in total. The molecule has 0 saturated heterocycles. The number of nitrogens with one attached hydrogen (secondary N) is 1. The maximum absolute atomic E-state index is 12.2. The van der Waals surface area contributed by atoms with Crippen molar-refractivity contribution in [2.45, 2.75) is 32.2 Å². The lowest BCUT2D eigenvalue weighted by molar-refractivity contribution is -0.143. The summed E-state index contributed by atoms with van der Waals surface area (Å²) in [5.41, 5.74) is 12.3. The number of carbonyl (C=O) groups is 1. The number of aryl methyl sites for hydroxylation is 1. The van der Waals surface area contributed by atoms with Gasteiger partial charge in [0.15, 0.2) is 0 Å². The number of benzene rings is 3. The second-order valence-electron chi connectivity index (χ2n) is 9.12. The van der Waals surface area contributed by atoms with Crippen molar-refractivity contribution in [2.24, 2.45) is 12.8 Å². The summed E-state index contributed by atoms with van der Waals surface area (Å²) in [5, 5.41) is 7.59. The molecule has 0 aliphatic heterocycles. The number of nitrogen functional groups attached to an aromatic ring is 1. The standard InChI is InChI=1S/C29H30N6O2/c1-3-37-28(36)15-14-24(35-18-32-22-6-4-5-7-26(22)35)21-12-13-25-23(17-21)33-27(34(25)2)16-19-8-10-20(11-9-19)29(30)31/h4-13,17-18,24H,3,14-16H2,1-2H3,(H3,30,31). The van der Waals surface area contributed by atoms with Crippen molar-refractivity contribution >= 4 is 33.9 Å². The summed E-state index contributed by atoms with van der Waals surface area (Å²) in [6.45, 7) is 2.20. The van der Waals surface area contributed by atoms with Crippen LogP contribution in [-0.4, -0.2) is 37.5 Å². The highest BCUT2D eigenvalue weighted by molar-refractivity contribution is 5.94. The largest absolute Gasteiger partial charge is 0.466 e. The van der Waals surface area contributed by atoms with Gasteiger partial charge in [-0.05, 0) is 48.7 Å². The zero-order valence-corrected chi connectivity index (χ0v) is 21.0. The quantitative estimate of drug-likeness (QED) is 0.175. The molecule has 8 heteroatoms. The van der Waals surface area contributed by atoms with E-state index in [1.165, 1.54) is 0 Å². The SMILES string of the molecule is CCOC(=O)CCC(c1ccc2c(c1)nc(Cc1ccc(C(=N)N)cc1)n2C)n1cnc2ccccc21. The summed E-state index contributed by atoms with van der Waals surface area (Å²) < 4.78 is 9.45. The molecule has 0 aliphatic rings. The van der Waals surface area contributed by atoms with Gasteiger partial charge in [-0.3, -0.25) is 10.2 Å². The van der Waals surface area contributed by atoms with Gasteiger partial charge in [-0.1, -0.05) is 42.5 Å². The van der Waals surface area contributed by atoms with E-state index in [9.17, 15) is 4.79 Å². The van der Waals surface area contributed by atoms with Crippen LogP contribution in [0.15, 0.2) is 73.1 Å². The van der Waals surface area contributed by atoms with Crippen LogP contribution < -0.4 is 5.73 Å². The van der Waals surface area contributed by atoms with E-state index in [1.807, 2.05) is 62.8 Å². The summed E-state index contributed by atoms with van der Waals surface area (Å²) in [6.07, 6.45) is 3.41. The van der Waals surface area contributed by atoms with Crippen LogP contribution in [0.3, 0.4) is 0 Å². The van der Waals surface area contributed by atoms with Crippen molar-refractivity contribution in [3.63, 3.8) is 0 Å². The van der Waals surface area contributed by atoms with Gasteiger partial charge in [-0.2, -0.15) is 0 Å². The van der Waals surface area contributed by atoms with Crippen molar-refractivity contribution in [3.05, 3.63) is 95.6 Å². The minimum absolute atomic E-state index is 0.0602. The molecule has 5 aromatic rings. The number of hydrogen-bond donors (Lipinski definition) is 2. The van der Waals surface area contributed by atoms with Crippen LogP contribution in [0, 0.1) is 5.41 Å². The third kappa shape index (κ3) is 4.95. The lowest BCUT2D eigenvalue weighted by atomic mass is 10.0. The van der Waals surface area contributed by atoms with Crippen LogP contribution in [0.2, 0.25) is 0 Å². The monoisotopic (exact) mass is 494 g/mol. The molecule has 8 nitrogen and oxygen atoms in total. The fourth-order valence-electron chi connectivity index (χ4n) is 4.80. The molecular formula is C29H30N6O2. The molecule has 0 aliphatic carbocycles. The number of aromatic nitrogens is 4. The fourth-order valence-corrected chi connectivity index (χ4v) is 4.80. The second kappa shape index (κ2) is 10.3. The van der Waals surface area contributed by atoms with Gasteiger partial charge in [-0.15, -0.1) is 0 Å². The Kier molecular flexibility index (Phi) is 6.72. The Balaban J connectivity index is 1.49. The Labute approximate surface area is 215 Å². The Bertz CT molecular complexity index is 1580. The summed E-state index contributed by atoms with van der Waals surface area (Å²) in [5.74, 6) is 0.804. The number of esters is 1. The van der Waals surface area contributed by atoms with Gasteiger partial charge in [0.25, 0.3) is 0 Å². The molecule has 0 saturated carbocycles. The number of amidine groups is 1. The molecule has 37 heavy (non-hydrogen) atoms. The summed E-state index contributed by atoms with van der Waals surface area (Å²) in [6, 6.07) is 21.9. The molecule has 0 bridgehead atoms. The highest BCUT2D eigenvalue weighted by Crippen LogP contribution is 2.30. The number of nitrogens with two attached hydrogens (primary N) is 1. The average Bonchev–Trinajstić information content (AvgIpc) is 3.46. The first-order chi connectivity index (χ1) is 17.9. The number of imidazole rings is 2. The maximum atomic E-state index is 12.2. The van der Waals surface area contributed by atoms with Crippen molar-refractivity contribution in [1.82, 2.24) is 19.1 Å². The van der Waals surface area contributed by atoms with Crippen LogP contribution >= 0.6 is 0 Å². The van der Waals surface area contributed by atoms with Crippen LogP contribution in [0.1, 0.15) is 48.3 Å². The zero-order chi connectivity index (χ0) is 25.9. The van der Waals surface area contributed by atoms with Crippen molar-refractivity contribution in [1.29, 1.82) is 5.41 Å². The molecule has 3 aromatic carbocycles. The number of fused-ring (bicyclic) bond motifs is 2. The number of para-hydroxylation sites is 2. The Morgan fingerprint density at radius 3 is 2.59 bits per heavy atom. The highest BCUT2D eigenvalue weighted by Gasteiger charge is 2.20. The van der Waals surface area contributed by atoms with E-state index in [0.717, 1.165) is 39.0 Å². The molecule has 0 amide bonds. The first-order valence-electron chi connectivity index (χ1n) is 12.4. The molecule has 188 valence electrons. The first-order valence-corrected chi connectivity index (χ1v) is 12.4. The third-order valence-electron chi connectivity index (χ3n) is 6.75. The van der Waals surface area contributed by atoms with E-state index in [2.05, 4.69) is 38.4 Å². The van der Waals surface area contributed by atoms with E-state index >= 15 is 0 Å². The molecule has 1 atom stereocenters. The zero-order valence-electron chi connectivity index (χ0n) is 21.0. The van der Waals surface area contributed by atoms with Crippen molar-refractivity contribution in [2.75, 3.05) is 6.61 Å². The fraction of sp³-hybridized carbons (Fsp3) is 0.241. The first kappa shape index (κ1) is 24.2. The van der Waals surface area contributed by atoms with Crippen LogP contribution in [0.5, 0.6) is 0 Å². The Morgan fingerprint density at radius 2 is 1.84 bits per heavy atom. The van der Waals surface area contributed by atoms with Crippen molar-refractivity contribution in [3.8, 4) is 0 Å². The van der Waals surface area contributed by atoms with Gasteiger partial charge in [0.05, 0.1) is 41.0 Å². The molecule has 0 fully saturated rings. The van der Waals surface area contributed by atoms with Gasteiger partial charge >= 0.3 is 5.97 Å². The molecule has 2 heterocycles. The van der Waals surface area contributed by atoms with E-state index in [-0.39, 0.29) is 17.8 Å². The second-order valence-corrected chi connectivity index (χ2v) is 9.12. The van der Waals surface area contributed by atoms with Gasteiger partial charge in [0.1, 0.15) is 11.7 Å². The summed E-state index contributed by atoms with van der Waals surface area (Å²) >= 11 is 0. The summed E-state index contributed by atoms with van der Waals surface area (Å²) in [7, 11) is 2.02. The topological polar surface area (TPSA) is 112 Å². The van der Waals surface area contributed by atoms with E-state index in [1.54, 1.807) is 0 Å². The van der Waals surface area contributed by atoms with Crippen LogP contribution in [-0.2, 0) is 23.0 Å². The molecular weight excluding hydrogens is 464 g/mol. The number of ether oxygens (including phenoxy) is 1. The van der Waals surface area contributed by atoms with Gasteiger partial charge in [-0.25, -0.2) is 9.97 Å². The highest BCUT2D eigenvalue weighted by atomic mass is 16.5. The van der Waals surface area contributed by atoms with E-state index in [4.69, 9.17) is 20.9 Å². The molecule has 0 radical (unpaired) electrons. The van der Waals surface area contributed by atoms with Crippen molar-refractivity contribution < 1.29 is 9.53 Å². The number of nitrogens with zero attached hydrogens (tertiary/aromatic N) is 4. The minimum Gasteiger partial charge on any atom is -0.466 e. The lowest BCUT2D eigenvalue weighted by Gasteiger charge is -2.20.